The van der Waals surface area contributed by atoms with E-state index in [-0.39, 0.29) is 25.4 Å². The lowest BCUT2D eigenvalue weighted by molar-refractivity contribution is -0.138. The van der Waals surface area contributed by atoms with E-state index in [0.717, 1.165) is 0 Å². The van der Waals surface area contributed by atoms with Gasteiger partial charge in [0, 0.05) is 12.6 Å². The molecule has 0 amide bonds. The SMILES string of the molecule is Cl.N[C@@H](Cc1cn(CC[18F])nn1)C(=O)O. The molecule has 0 saturated carbocycles. The van der Waals surface area contributed by atoms with Crippen molar-refractivity contribution in [2.24, 2.45) is 5.73 Å². The Morgan fingerprint density at radius 1 is 1.73 bits per heavy atom. The van der Waals surface area contributed by atoms with Crippen LogP contribution in [0.15, 0.2) is 6.20 Å². The predicted octanol–water partition coefficient (Wildman–Crippen LogP) is -0.376. The van der Waals surface area contributed by atoms with Gasteiger partial charge in [-0.25, -0.2) is 9.07 Å². The summed E-state index contributed by atoms with van der Waals surface area (Å²) in [6, 6.07) is -0.995. The molecule has 1 aromatic rings. The third kappa shape index (κ3) is 4.22. The van der Waals surface area contributed by atoms with Crippen molar-refractivity contribution in [1.29, 1.82) is 0 Å². The van der Waals surface area contributed by atoms with E-state index in [1.165, 1.54) is 10.9 Å². The van der Waals surface area contributed by atoms with Crippen LogP contribution in [0.5, 0.6) is 0 Å². The van der Waals surface area contributed by atoms with Crippen LogP contribution in [0.1, 0.15) is 5.69 Å². The molecule has 8 heteroatoms. The number of hydrogen-bond donors (Lipinski definition) is 2. The topological polar surface area (TPSA) is 94.0 Å². The minimum absolute atomic E-state index is 0. The van der Waals surface area contributed by atoms with Crippen molar-refractivity contribution in [3.05, 3.63) is 11.9 Å². The minimum atomic E-state index is -1.09. The lowest BCUT2D eigenvalue weighted by atomic mass is 10.2. The molecule has 1 heterocycles. The van der Waals surface area contributed by atoms with Crippen LogP contribution in [-0.2, 0) is 17.8 Å². The van der Waals surface area contributed by atoms with Gasteiger partial charge < -0.3 is 10.8 Å². The number of aryl methyl sites for hydroxylation is 1. The molecule has 0 aliphatic rings. The zero-order valence-electron chi connectivity index (χ0n) is 7.84. The minimum Gasteiger partial charge on any atom is -0.480 e. The van der Waals surface area contributed by atoms with Crippen molar-refractivity contribution in [1.82, 2.24) is 15.0 Å². The summed E-state index contributed by atoms with van der Waals surface area (Å²) in [5.74, 6) is -1.09. The quantitative estimate of drug-likeness (QED) is 0.728. The Bertz CT molecular complexity index is 320. The molecule has 0 spiro atoms. The number of nitrogens with two attached hydrogens (primary N) is 1. The maximum absolute atomic E-state index is 11.9. The Kier molecular flexibility index (Phi) is 5.80. The molecule has 86 valence electrons. The molecule has 0 radical (unpaired) electrons. The van der Waals surface area contributed by atoms with E-state index in [0.29, 0.717) is 5.69 Å². The zero-order chi connectivity index (χ0) is 10.6. The molecule has 6 nitrogen and oxygen atoms in total. The second-order valence-electron chi connectivity index (χ2n) is 2.81. The zero-order valence-corrected chi connectivity index (χ0v) is 8.65. The molecule has 0 bridgehead atoms. The van der Waals surface area contributed by atoms with E-state index >= 15 is 0 Å². The van der Waals surface area contributed by atoms with Crippen LogP contribution in [0.25, 0.3) is 0 Å². The Morgan fingerprint density at radius 3 is 2.93 bits per heavy atom. The summed E-state index contributed by atoms with van der Waals surface area (Å²) in [6.07, 6.45) is 1.59. The fourth-order valence-corrected chi connectivity index (χ4v) is 0.941. The number of hydrogen-bond acceptors (Lipinski definition) is 4. The number of carboxylic acids is 1. The van der Waals surface area contributed by atoms with Gasteiger partial charge in [0.25, 0.3) is 0 Å². The van der Waals surface area contributed by atoms with Crippen LogP contribution in [0, 0.1) is 0 Å². The number of halogens is 2. The number of rotatable bonds is 5. The summed E-state index contributed by atoms with van der Waals surface area (Å²) in [5.41, 5.74) is 5.73. The summed E-state index contributed by atoms with van der Waals surface area (Å²) in [7, 11) is 0. The summed E-state index contributed by atoms with van der Waals surface area (Å²) in [5, 5.41) is 15.8. The fraction of sp³-hybridized carbons (Fsp3) is 0.571. The van der Waals surface area contributed by atoms with Crippen LogP contribution in [-0.4, -0.2) is 38.8 Å². The average molecular weight is 238 g/mol. The number of carbonyl (C=O) groups is 1. The smallest absolute Gasteiger partial charge is 0.320 e. The van der Waals surface area contributed by atoms with E-state index in [9.17, 15) is 9.18 Å². The van der Waals surface area contributed by atoms with Crippen LogP contribution in [0.2, 0.25) is 0 Å². The van der Waals surface area contributed by atoms with Gasteiger partial charge in [-0.05, 0) is 0 Å². The molecule has 0 aliphatic carbocycles. The van der Waals surface area contributed by atoms with E-state index in [2.05, 4.69) is 10.3 Å². The number of aliphatic carboxylic acids is 1. The van der Waals surface area contributed by atoms with E-state index in [1.807, 2.05) is 0 Å². The molecule has 0 aromatic carbocycles. The Morgan fingerprint density at radius 2 is 2.40 bits per heavy atom. The number of alkyl halides is 1. The van der Waals surface area contributed by atoms with Crippen molar-refractivity contribution in [3.8, 4) is 0 Å². The lowest BCUT2D eigenvalue weighted by Gasteiger charge is -2.01. The average Bonchev–Trinajstić information content (AvgIpc) is 2.53. The first-order chi connectivity index (χ1) is 6.63. The first-order valence-electron chi connectivity index (χ1n) is 4.07. The molecule has 0 unspecified atom stereocenters. The van der Waals surface area contributed by atoms with E-state index in [4.69, 9.17) is 10.8 Å². The molecule has 0 saturated heterocycles. The Labute approximate surface area is 91.7 Å². The van der Waals surface area contributed by atoms with E-state index in [1.54, 1.807) is 0 Å². The highest BCUT2D eigenvalue weighted by Gasteiger charge is 2.14. The van der Waals surface area contributed by atoms with Gasteiger partial charge in [-0.15, -0.1) is 17.5 Å². The van der Waals surface area contributed by atoms with Gasteiger partial charge in [0.05, 0.1) is 12.2 Å². The van der Waals surface area contributed by atoms with Gasteiger partial charge in [-0.2, -0.15) is 0 Å². The summed E-state index contributed by atoms with van der Waals surface area (Å²) in [6.45, 7) is -0.414. The first-order valence-corrected chi connectivity index (χ1v) is 4.07. The highest BCUT2D eigenvalue weighted by molar-refractivity contribution is 5.85. The summed E-state index contributed by atoms with van der Waals surface area (Å²) < 4.78 is 13.2. The molecule has 15 heavy (non-hydrogen) atoms. The fourth-order valence-electron chi connectivity index (χ4n) is 0.941. The van der Waals surface area contributed by atoms with Crippen LogP contribution in [0.4, 0.5) is 4.39 Å². The van der Waals surface area contributed by atoms with Gasteiger partial charge in [-0.3, -0.25) is 4.79 Å². The van der Waals surface area contributed by atoms with Crippen LogP contribution >= 0.6 is 12.4 Å². The molecular weight excluding hydrogens is 226 g/mol. The van der Waals surface area contributed by atoms with Crippen LogP contribution < -0.4 is 5.73 Å². The maximum atomic E-state index is 11.9. The number of carboxylic acid groups (broad SMARTS) is 1. The normalized spacial score (nSPS) is 11.9. The number of aromatic nitrogens is 3. The largest absolute Gasteiger partial charge is 0.480 e. The third-order valence-electron chi connectivity index (χ3n) is 1.65. The highest BCUT2D eigenvalue weighted by Crippen LogP contribution is 1.97. The van der Waals surface area contributed by atoms with Gasteiger partial charge in [0.2, 0.25) is 0 Å². The molecular formula is C7H12ClFN4O2. The monoisotopic (exact) mass is 237 g/mol. The summed E-state index contributed by atoms with van der Waals surface area (Å²) >= 11 is 0. The highest BCUT2D eigenvalue weighted by atomic mass is 35.5. The molecule has 1 rings (SSSR count). The second kappa shape index (κ2) is 6.31. The summed E-state index contributed by atoms with van der Waals surface area (Å²) in [4.78, 5) is 10.4. The molecule has 0 aliphatic heterocycles. The molecule has 3 N–H and O–H groups in total. The van der Waals surface area contributed by atoms with Gasteiger partial charge in [0.15, 0.2) is 0 Å². The Balaban J connectivity index is 0.00000196. The van der Waals surface area contributed by atoms with Crippen molar-refractivity contribution in [3.63, 3.8) is 0 Å². The maximum Gasteiger partial charge on any atom is 0.320 e. The third-order valence-corrected chi connectivity index (χ3v) is 1.65. The molecule has 1 aromatic heterocycles. The van der Waals surface area contributed by atoms with Gasteiger partial charge in [0.1, 0.15) is 12.7 Å². The number of nitrogens with zero attached hydrogens (tertiary/aromatic N) is 3. The van der Waals surface area contributed by atoms with Crippen molar-refractivity contribution in [2.75, 3.05) is 6.67 Å². The van der Waals surface area contributed by atoms with Gasteiger partial charge >= 0.3 is 5.97 Å². The van der Waals surface area contributed by atoms with Crippen molar-refractivity contribution in [2.45, 2.75) is 19.0 Å². The predicted molar refractivity (Wildman–Crippen MR) is 52.6 cm³/mol. The molecule has 0 fully saturated rings. The second-order valence-corrected chi connectivity index (χ2v) is 2.81. The van der Waals surface area contributed by atoms with Gasteiger partial charge in [-0.1, -0.05) is 5.21 Å². The standard InChI is InChI=1S/C7H11FN4O2.ClH/c8-1-2-12-4-5(10-11-12)3-6(9)7(13)14;/h4,6H,1-3,9H2,(H,13,14);1H/t6-;/m0./s1/i8-1;. The lowest BCUT2D eigenvalue weighted by Crippen LogP contribution is -2.32. The first kappa shape index (κ1) is 13.8. The molecule has 1 atom stereocenters. The van der Waals surface area contributed by atoms with Crippen molar-refractivity contribution < 1.29 is 14.3 Å². The van der Waals surface area contributed by atoms with E-state index < -0.39 is 18.7 Å². The Hall–Kier alpha value is -1.21. The van der Waals surface area contributed by atoms with Crippen LogP contribution in [0.3, 0.4) is 0 Å². The van der Waals surface area contributed by atoms with Crippen molar-refractivity contribution >= 4 is 18.4 Å².